The minimum atomic E-state index is -3.99. The van der Waals surface area contributed by atoms with Gasteiger partial charge >= 0.3 is 0 Å². The quantitative estimate of drug-likeness (QED) is 0.234. The van der Waals surface area contributed by atoms with E-state index in [-0.39, 0.29) is 23.2 Å². The summed E-state index contributed by atoms with van der Waals surface area (Å²) in [4.78, 5) is 19.2. The van der Waals surface area contributed by atoms with Gasteiger partial charge in [-0.05, 0) is 66.6 Å². The average molecular weight is 520 g/mol. The van der Waals surface area contributed by atoms with Crippen LogP contribution in [0.3, 0.4) is 0 Å². The molecular formula is C25H37N5O5S. The second kappa shape index (κ2) is 12.3. The van der Waals surface area contributed by atoms with Gasteiger partial charge in [0.25, 0.3) is 0 Å². The molecule has 1 fully saturated rings. The van der Waals surface area contributed by atoms with Gasteiger partial charge in [0, 0.05) is 19.6 Å². The molecule has 0 bridgehead atoms. The minimum absolute atomic E-state index is 0.0386. The first-order valence-corrected chi connectivity index (χ1v) is 13.7. The zero-order valence-electron chi connectivity index (χ0n) is 21.2. The van der Waals surface area contributed by atoms with E-state index in [1.165, 1.54) is 13.2 Å². The van der Waals surface area contributed by atoms with Crippen molar-refractivity contribution in [1.29, 1.82) is 0 Å². The van der Waals surface area contributed by atoms with Crippen molar-refractivity contribution in [3.63, 3.8) is 0 Å². The fourth-order valence-electron chi connectivity index (χ4n) is 4.49. The molecule has 10 nitrogen and oxygen atoms in total. The number of carbonyl (C=O) groups excluding carboxylic acids is 1. The number of fused-ring (bicyclic) bond motifs is 1. The fraction of sp³-hybridized carbons (Fsp3) is 0.520. The van der Waals surface area contributed by atoms with E-state index in [4.69, 9.17) is 20.9 Å². The zero-order chi connectivity index (χ0) is 26.3. The lowest BCUT2D eigenvalue weighted by Crippen LogP contribution is -2.50. The second-order valence-electron chi connectivity index (χ2n) is 9.02. The minimum Gasteiger partial charge on any atom is -0.493 e. The number of nitrogens with one attached hydrogen (secondary N) is 1. The first kappa shape index (κ1) is 27.5. The van der Waals surface area contributed by atoms with Crippen LogP contribution in [0.2, 0.25) is 0 Å². The van der Waals surface area contributed by atoms with Crippen LogP contribution >= 0.6 is 0 Å². The van der Waals surface area contributed by atoms with E-state index in [9.17, 15) is 13.2 Å². The highest BCUT2D eigenvalue weighted by Crippen LogP contribution is 2.33. The first-order valence-electron chi connectivity index (χ1n) is 12.2. The van der Waals surface area contributed by atoms with Gasteiger partial charge in [-0.15, -0.1) is 0 Å². The van der Waals surface area contributed by atoms with Crippen molar-refractivity contribution in [2.75, 3.05) is 33.9 Å². The van der Waals surface area contributed by atoms with E-state index in [1.807, 2.05) is 0 Å². The van der Waals surface area contributed by atoms with E-state index < -0.39 is 16.1 Å². The Bertz CT molecular complexity index is 1190. The van der Waals surface area contributed by atoms with Crippen LogP contribution in [0.1, 0.15) is 39.0 Å². The molecule has 0 spiro atoms. The molecule has 0 radical (unpaired) electrons. The van der Waals surface area contributed by atoms with Crippen LogP contribution in [0.4, 0.5) is 0 Å². The number of amides is 1. The first-order chi connectivity index (χ1) is 17.2. The number of nitrogens with two attached hydrogens (primary N) is 2. The number of ether oxygens (including phenoxy) is 2. The van der Waals surface area contributed by atoms with Gasteiger partial charge in [0.15, 0.2) is 17.5 Å². The SMILES string of the molecule is CCC1CCN(C(=O)[C@H](CCCN=C(N)N)NS(=O)(=O)c2ccc3cc(OC)c(OC)cc3c2)CC1. The number of carbonyl (C=O) groups is 1. The highest BCUT2D eigenvalue weighted by Gasteiger charge is 2.31. The molecule has 198 valence electrons. The number of aliphatic imine (C=N–C) groups is 1. The zero-order valence-corrected chi connectivity index (χ0v) is 22.0. The molecule has 0 aliphatic carbocycles. The van der Waals surface area contributed by atoms with E-state index in [1.54, 1.807) is 36.3 Å². The molecule has 3 rings (SSSR count). The van der Waals surface area contributed by atoms with Crippen molar-refractivity contribution < 1.29 is 22.7 Å². The topological polar surface area (TPSA) is 149 Å². The lowest BCUT2D eigenvalue weighted by molar-refractivity contribution is -0.134. The second-order valence-corrected chi connectivity index (χ2v) is 10.7. The summed E-state index contributed by atoms with van der Waals surface area (Å²) in [6.07, 6.45) is 3.66. The highest BCUT2D eigenvalue weighted by molar-refractivity contribution is 7.89. The maximum Gasteiger partial charge on any atom is 0.241 e. The van der Waals surface area contributed by atoms with Gasteiger partial charge in [-0.2, -0.15) is 4.72 Å². The number of nitrogens with zero attached hydrogens (tertiary/aromatic N) is 2. The normalized spacial score (nSPS) is 15.5. The van der Waals surface area contributed by atoms with Gasteiger partial charge in [-0.25, -0.2) is 8.42 Å². The predicted octanol–water partition coefficient (Wildman–Crippen LogP) is 2.21. The summed E-state index contributed by atoms with van der Waals surface area (Å²) in [5.41, 5.74) is 10.8. The Morgan fingerprint density at radius 2 is 1.75 bits per heavy atom. The third-order valence-corrected chi connectivity index (χ3v) is 8.14. The summed E-state index contributed by atoms with van der Waals surface area (Å²) in [5.74, 6) is 1.39. The lowest BCUT2D eigenvalue weighted by atomic mass is 9.94. The molecule has 1 aliphatic heterocycles. The van der Waals surface area contributed by atoms with Gasteiger partial charge in [-0.3, -0.25) is 9.79 Å². The van der Waals surface area contributed by atoms with E-state index in [0.717, 1.165) is 24.6 Å². The number of guanidine groups is 1. The molecule has 1 heterocycles. The molecule has 1 saturated heterocycles. The summed E-state index contributed by atoms with van der Waals surface area (Å²) < 4.78 is 40.1. The van der Waals surface area contributed by atoms with Crippen molar-refractivity contribution in [1.82, 2.24) is 9.62 Å². The molecule has 36 heavy (non-hydrogen) atoms. The summed E-state index contributed by atoms with van der Waals surface area (Å²) in [7, 11) is -0.929. The van der Waals surface area contributed by atoms with Crippen LogP contribution in [0, 0.1) is 5.92 Å². The Hall–Kier alpha value is -3.05. The molecule has 0 unspecified atom stereocenters. The van der Waals surface area contributed by atoms with Crippen LogP contribution in [-0.2, 0) is 14.8 Å². The standard InChI is InChI=1S/C25H37N5O5S/c1-4-17-9-12-30(13-10-17)24(31)21(6-5-11-28-25(26)27)29-36(32,33)20-8-7-18-15-22(34-2)23(35-3)16-19(18)14-20/h7-8,14-17,21,29H,4-6,9-13H2,1-3H3,(H4,26,27,28)/t21-/m0/s1. The molecule has 2 aromatic rings. The van der Waals surface area contributed by atoms with Gasteiger partial charge in [0.2, 0.25) is 15.9 Å². The van der Waals surface area contributed by atoms with Gasteiger partial charge in [0.1, 0.15) is 6.04 Å². The molecule has 0 saturated carbocycles. The maximum atomic E-state index is 13.4. The van der Waals surface area contributed by atoms with E-state index in [2.05, 4.69) is 16.6 Å². The predicted molar refractivity (Wildman–Crippen MR) is 141 cm³/mol. The number of hydrogen-bond donors (Lipinski definition) is 3. The van der Waals surface area contributed by atoms with Gasteiger partial charge < -0.3 is 25.8 Å². The largest absolute Gasteiger partial charge is 0.493 e. The number of hydrogen-bond acceptors (Lipinski definition) is 6. The summed E-state index contributed by atoms with van der Waals surface area (Å²) >= 11 is 0. The maximum absolute atomic E-state index is 13.4. The third kappa shape index (κ3) is 6.79. The number of benzene rings is 2. The third-order valence-electron chi connectivity index (χ3n) is 6.67. The van der Waals surface area contributed by atoms with Gasteiger partial charge in [0.05, 0.1) is 19.1 Å². The van der Waals surface area contributed by atoms with Gasteiger partial charge in [-0.1, -0.05) is 19.4 Å². The molecule has 1 aliphatic rings. The Labute approximate surface area is 213 Å². The summed E-state index contributed by atoms with van der Waals surface area (Å²) in [6.45, 7) is 3.71. The number of methoxy groups -OCH3 is 2. The van der Waals surface area contributed by atoms with Crippen LogP contribution in [0.5, 0.6) is 11.5 Å². The van der Waals surface area contributed by atoms with Crippen LogP contribution in [0.15, 0.2) is 40.2 Å². The number of sulfonamides is 1. The smallest absolute Gasteiger partial charge is 0.241 e. The van der Waals surface area contributed by atoms with E-state index in [0.29, 0.717) is 48.9 Å². The monoisotopic (exact) mass is 519 g/mol. The van der Waals surface area contributed by atoms with Crippen molar-refractivity contribution in [3.05, 3.63) is 30.3 Å². The molecule has 11 heteroatoms. The summed E-state index contributed by atoms with van der Waals surface area (Å²) in [5, 5.41) is 1.48. The average Bonchev–Trinajstić information content (AvgIpc) is 2.88. The van der Waals surface area contributed by atoms with Crippen molar-refractivity contribution in [3.8, 4) is 11.5 Å². The Kier molecular flexibility index (Phi) is 9.38. The number of likely N-dealkylation sites (tertiary alicyclic amines) is 1. The van der Waals surface area contributed by atoms with E-state index >= 15 is 0 Å². The number of piperidine rings is 1. The van der Waals surface area contributed by atoms with Crippen molar-refractivity contribution in [2.45, 2.75) is 50.0 Å². The lowest BCUT2D eigenvalue weighted by Gasteiger charge is -2.34. The molecular weight excluding hydrogens is 482 g/mol. The van der Waals surface area contributed by atoms with Crippen molar-refractivity contribution in [2.24, 2.45) is 22.4 Å². The molecule has 1 atom stereocenters. The van der Waals surface area contributed by atoms with Crippen LogP contribution < -0.4 is 25.7 Å². The van der Waals surface area contributed by atoms with Crippen LogP contribution in [0.25, 0.3) is 10.8 Å². The Morgan fingerprint density at radius 1 is 1.11 bits per heavy atom. The molecule has 1 amide bonds. The fourth-order valence-corrected chi connectivity index (χ4v) is 5.75. The molecule has 2 aromatic carbocycles. The number of rotatable bonds is 11. The van der Waals surface area contributed by atoms with Crippen LogP contribution in [-0.4, -0.2) is 65.1 Å². The molecule has 5 N–H and O–H groups in total. The summed E-state index contributed by atoms with van der Waals surface area (Å²) in [6, 6.07) is 7.38. The Balaban J connectivity index is 1.84. The molecule has 0 aromatic heterocycles. The highest BCUT2D eigenvalue weighted by atomic mass is 32.2. The van der Waals surface area contributed by atoms with Crippen molar-refractivity contribution >= 4 is 32.7 Å². The Morgan fingerprint density at radius 3 is 2.33 bits per heavy atom.